The lowest BCUT2D eigenvalue weighted by Crippen LogP contribution is -2.15. The first-order valence-corrected chi connectivity index (χ1v) is 9.61. The molecular weight excluding hydrogens is 398 g/mol. The van der Waals surface area contributed by atoms with Gasteiger partial charge in [0.05, 0.1) is 26.7 Å². The third-order valence-corrected chi connectivity index (χ3v) is 5.90. The Labute approximate surface area is 158 Å². The van der Waals surface area contributed by atoms with Crippen molar-refractivity contribution in [1.29, 1.82) is 0 Å². The topological polar surface area (TPSA) is 124 Å². The first-order valence-electron chi connectivity index (χ1n) is 7.75. The number of nitro benzene ring substituents is 1. The molecule has 2 aromatic carbocycles. The zero-order chi connectivity index (χ0) is 19.9. The van der Waals surface area contributed by atoms with Gasteiger partial charge in [0.25, 0.3) is 15.7 Å². The molecule has 0 amide bonds. The van der Waals surface area contributed by atoms with Crippen molar-refractivity contribution in [3.8, 4) is 0 Å². The molecule has 0 bridgehead atoms. The van der Waals surface area contributed by atoms with Crippen molar-refractivity contribution in [2.45, 2.75) is 25.3 Å². The van der Waals surface area contributed by atoms with Crippen LogP contribution in [0.25, 0.3) is 11.1 Å². The van der Waals surface area contributed by atoms with Gasteiger partial charge in [-0.05, 0) is 26.0 Å². The quantitative estimate of drug-likeness (QED) is 0.507. The molecule has 3 aromatic rings. The van der Waals surface area contributed by atoms with Crippen molar-refractivity contribution in [3.05, 3.63) is 61.6 Å². The largest absolute Gasteiger partial charge is 0.419 e. The van der Waals surface area contributed by atoms with E-state index in [1.165, 1.54) is 35.8 Å². The van der Waals surface area contributed by atoms with E-state index in [-0.39, 0.29) is 32.4 Å². The Morgan fingerprint density at radius 1 is 1.33 bits per heavy atom. The lowest BCUT2D eigenvalue weighted by Gasteiger charge is -2.12. The van der Waals surface area contributed by atoms with E-state index in [1.807, 2.05) is 0 Å². The molecule has 1 aromatic heterocycles. The van der Waals surface area contributed by atoms with Crippen molar-refractivity contribution in [2.75, 3.05) is 4.72 Å². The van der Waals surface area contributed by atoms with Gasteiger partial charge in [-0.15, -0.1) is 0 Å². The number of hydrogen-bond acceptors (Lipinski definition) is 6. The molecule has 0 radical (unpaired) electrons. The number of hydrogen-bond donors (Lipinski definition) is 1. The Kier molecular flexibility index (Phi) is 4.70. The van der Waals surface area contributed by atoms with Crippen LogP contribution in [0, 0.1) is 17.0 Å². The van der Waals surface area contributed by atoms with E-state index in [4.69, 9.17) is 16.0 Å². The molecule has 1 heterocycles. The predicted molar refractivity (Wildman–Crippen MR) is 99.8 cm³/mol. The Hall–Kier alpha value is -2.85. The highest BCUT2D eigenvalue weighted by Gasteiger charge is 2.24. The highest BCUT2D eigenvalue weighted by molar-refractivity contribution is 7.92. The third-order valence-electron chi connectivity index (χ3n) is 4.07. The van der Waals surface area contributed by atoms with Crippen LogP contribution in [-0.2, 0) is 16.6 Å². The summed E-state index contributed by atoms with van der Waals surface area (Å²) in [5.74, 6) is -0.624. The van der Waals surface area contributed by atoms with Crippen LogP contribution in [-0.4, -0.2) is 17.9 Å². The number of fused-ring (bicyclic) bond motifs is 1. The molecule has 27 heavy (non-hydrogen) atoms. The van der Waals surface area contributed by atoms with Crippen LogP contribution in [0.1, 0.15) is 12.5 Å². The van der Waals surface area contributed by atoms with Crippen LogP contribution in [0.3, 0.4) is 0 Å². The molecule has 0 atom stereocenters. The fourth-order valence-corrected chi connectivity index (χ4v) is 4.36. The first-order chi connectivity index (χ1) is 12.7. The summed E-state index contributed by atoms with van der Waals surface area (Å²) in [5, 5.41) is 10.9. The lowest BCUT2D eigenvalue weighted by molar-refractivity contribution is -0.385. The highest BCUT2D eigenvalue weighted by atomic mass is 35.5. The molecule has 11 heteroatoms. The van der Waals surface area contributed by atoms with Gasteiger partial charge in [0, 0.05) is 18.7 Å². The fourth-order valence-electron chi connectivity index (χ4n) is 2.70. The molecule has 9 nitrogen and oxygen atoms in total. The van der Waals surface area contributed by atoms with Gasteiger partial charge in [-0.2, -0.15) is 0 Å². The Bertz CT molecular complexity index is 1230. The van der Waals surface area contributed by atoms with Gasteiger partial charge in [0.1, 0.15) is 4.90 Å². The molecule has 0 aliphatic carbocycles. The van der Waals surface area contributed by atoms with E-state index in [0.29, 0.717) is 12.1 Å². The summed E-state index contributed by atoms with van der Waals surface area (Å²) in [6.07, 6.45) is 0. The van der Waals surface area contributed by atoms with Gasteiger partial charge in [-0.25, -0.2) is 13.2 Å². The summed E-state index contributed by atoms with van der Waals surface area (Å²) in [6.45, 7) is 3.50. The van der Waals surface area contributed by atoms with Gasteiger partial charge in [0.2, 0.25) is 0 Å². The molecule has 0 saturated carbocycles. The smallest absolute Gasteiger partial charge is 0.408 e. The SMILES string of the molecule is CCn1c(=O)oc2cc(S(=O)(=O)Nc3cccc([N+](=O)[O-])c3C)c(Cl)cc21. The second-order valence-electron chi connectivity index (χ2n) is 5.67. The van der Waals surface area contributed by atoms with E-state index in [1.54, 1.807) is 6.92 Å². The molecular formula is C16H14ClN3O6S. The van der Waals surface area contributed by atoms with Crippen LogP contribution in [0.4, 0.5) is 11.4 Å². The van der Waals surface area contributed by atoms with Crippen molar-refractivity contribution in [2.24, 2.45) is 0 Å². The molecule has 0 saturated heterocycles. The number of aryl methyl sites for hydroxylation is 1. The van der Waals surface area contributed by atoms with Gasteiger partial charge in [0.15, 0.2) is 5.58 Å². The average molecular weight is 412 g/mol. The Morgan fingerprint density at radius 3 is 2.67 bits per heavy atom. The maximum atomic E-state index is 12.8. The van der Waals surface area contributed by atoms with E-state index >= 15 is 0 Å². The minimum atomic E-state index is -4.19. The van der Waals surface area contributed by atoms with Crippen LogP contribution < -0.4 is 10.5 Å². The number of nitrogens with one attached hydrogen (secondary N) is 1. The van der Waals surface area contributed by atoms with Gasteiger partial charge in [-0.1, -0.05) is 17.7 Å². The van der Waals surface area contributed by atoms with Gasteiger partial charge < -0.3 is 4.42 Å². The molecule has 0 aliphatic rings. The van der Waals surface area contributed by atoms with E-state index in [0.717, 1.165) is 6.07 Å². The molecule has 0 aliphatic heterocycles. The number of oxazole rings is 1. The van der Waals surface area contributed by atoms with Crippen molar-refractivity contribution in [3.63, 3.8) is 0 Å². The number of halogens is 1. The van der Waals surface area contributed by atoms with Crippen LogP contribution in [0.5, 0.6) is 0 Å². The summed E-state index contributed by atoms with van der Waals surface area (Å²) in [7, 11) is -4.19. The minimum absolute atomic E-state index is 0.0490. The van der Waals surface area contributed by atoms with Crippen molar-refractivity contribution < 1.29 is 17.8 Å². The average Bonchev–Trinajstić information content (AvgIpc) is 2.89. The molecule has 0 unspecified atom stereocenters. The van der Waals surface area contributed by atoms with Crippen molar-refractivity contribution in [1.82, 2.24) is 4.57 Å². The van der Waals surface area contributed by atoms with Crippen molar-refractivity contribution >= 4 is 44.1 Å². The summed E-state index contributed by atoms with van der Waals surface area (Å²) >= 11 is 6.13. The number of anilines is 1. The fraction of sp³-hybridized carbons (Fsp3) is 0.188. The number of nitrogens with zero attached hydrogens (tertiary/aromatic N) is 2. The number of sulfonamides is 1. The lowest BCUT2D eigenvalue weighted by atomic mass is 10.2. The molecule has 142 valence electrons. The van der Waals surface area contributed by atoms with Crippen LogP contribution >= 0.6 is 11.6 Å². The number of rotatable bonds is 5. The molecule has 0 spiro atoms. The summed E-state index contributed by atoms with van der Waals surface area (Å²) in [5.41, 5.74) is 0.433. The molecule has 3 rings (SSSR count). The van der Waals surface area contributed by atoms with Gasteiger partial charge in [-0.3, -0.25) is 19.4 Å². The van der Waals surface area contributed by atoms with E-state index in [2.05, 4.69) is 4.72 Å². The maximum Gasteiger partial charge on any atom is 0.419 e. The zero-order valence-electron chi connectivity index (χ0n) is 14.2. The van der Waals surface area contributed by atoms with Crippen LogP contribution in [0.15, 0.2) is 44.4 Å². The number of nitro groups is 1. The highest BCUT2D eigenvalue weighted by Crippen LogP contribution is 2.31. The number of aromatic nitrogens is 1. The first kappa shape index (κ1) is 18.9. The summed E-state index contributed by atoms with van der Waals surface area (Å²) < 4.78 is 34.2. The normalized spacial score (nSPS) is 11.7. The Morgan fingerprint density at radius 2 is 2.04 bits per heavy atom. The summed E-state index contributed by atoms with van der Waals surface area (Å²) in [6, 6.07) is 6.53. The second-order valence-corrected chi connectivity index (χ2v) is 7.73. The summed E-state index contributed by atoms with van der Waals surface area (Å²) in [4.78, 5) is 21.9. The maximum absolute atomic E-state index is 12.8. The third kappa shape index (κ3) is 3.28. The second kappa shape index (κ2) is 6.71. The van der Waals surface area contributed by atoms with Crippen LogP contribution in [0.2, 0.25) is 5.02 Å². The minimum Gasteiger partial charge on any atom is -0.408 e. The standard InChI is InChI=1S/C16H14ClN3O6S/c1-3-19-13-7-10(17)15(8-14(13)26-16(19)21)27(24,25)18-11-5-4-6-12(9(11)2)20(22)23/h4-8,18H,3H2,1-2H3. The number of benzene rings is 2. The molecule has 0 fully saturated rings. The zero-order valence-corrected chi connectivity index (χ0v) is 15.8. The monoisotopic (exact) mass is 411 g/mol. The van der Waals surface area contributed by atoms with E-state index in [9.17, 15) is 23.3 Å². The van der Waals surface area contributed by atoms with E-state index < -0.39 is 20.7 Å². The molecule has 1 N–H and O–H groups in total. The van der Waals surface area contributed by atoms with Gasteiger partial charge >= 0.3 is 5.76 Å². The predicted octanol–water partition coefficient (Wildman–Crippen LogP) is 3.29. The Balaban J connectivity index is 2.11.